The molecule has 2 aromatic heterocycles. The van der Waals surface area contributed by atoms with Crippen molar-refractivity contribution in [2.45, 2.75) is 37.3 Å². The number of aromatic nitrogens is 2. The van der Waals surface area contributed by atoms with Gasteiger partial charge in [0.05, 0.1) is 24.4 Å². The molecular formula is C18H20N2O6. The predicted octanol–water partition coefficient (Wildman–Crippen LogP) is 0.0326. The molecule has 0 spiro atoms. The van der Waals surface area contributed by atoms with Crippen LogP contribution in [0.25, 0.3) is 21.8 Å². The summed E-state index contributed by atoms with van der Waals surface area (Å²) in [4.78, 5) is 7.64. The molecule has 0 bridgehead atoms. The fraction of sp³-hybridized carbons (Fsp3) is 0.389. The molecule has 5 N–H and O–H groups in total. The van der Waals surface area contributed by atoms with E-state index in [9.17, 15) is 20.4 Å². The lowest BCUT2D eigenvalue weighted by Crippen LogP contribution is -2.59. The highest BCUT2D eigenvalue weighted by Gasteiger charge is 2.44. The van der Waals surface area contributed by atoms with E-state index >= 15 is 0 Å². The number of fused-ring (bicyclic) bond motifs is 3. The van der Waals surface area contributed by atoms with Gasteiger partial charge in [-0.25, -0.2) is 0 Å². The molecule has 0 saturated carbocycles. The first kappa shape index (κ1) is 17.3. The lowest BCUT2D eigenvalue weighted by Gasteiger charge is -2.39. The highest BCUT2D eigenvalue weighted by molar-refractivity contribution is 6.07. The summed E-state index contributed by atoms with van der Waals surface area (Å²) in [5, 5.41) is 41.0. The molecule has 26 heavy (non-hydrogen) atoms. The van der Waals surface area contributed by atoms with Gasteiger partial charge in [-0.3, -0.25) is 4.98 Å². The largest absolute Gasteiger partial charge is 0.394 e. The van der Waals surface area contributed by atoms with Crippen LogP contribution in [0.4, 0.5) is 0 Å². The maximum atomic E-state index is 10.1. The van der Waals surface area contributed by atoms with Crippen LogP contribution in [-0.2, 0) is 16.1 Å². The summed E-state index contributed by atoms with van der Waals surface area (Å²) in [6.07, 6.45) is -4.83. The number of hydrogen-bond acceptors (Lipinski definition) is 7. The van der Waals surface area contributed by atoms with Crippen molar-refractivity contribution in [1.29, 1.82) is 0 Å². The van der Waals surface area contributed by atoms with Gasteiger partial charge in [-0.05, 0) is 12.1 Å². The second kappa shape index (κ2) is 6.92. The van der Waals surface area contributed by atoms with Crippen LogP contribution in [0.3, 0.4) is 0 Å². The van der Waals surface area contributed by atoms with Gasteiger partial charge in [0.15, 0.2) is 6.29 Å². The molecule has 0 aliphatic carbocycles. The number of aliphatic hydroxyl groups excluding tert-OH is 4. The van der Waals surface area contributed by atoms with Gasteiger partial charge in [0.1, 0.15) is 24.4 Å². The smallest absolute Gasteiger partial charge is 0.187 e. The van der Waals surface area contributed by atoms with E-state index in [1.165, 1.54) is 0 Å². The molecule has 1 fully saturated rings. The molecule has 1 saturated heterocycles. The highest BCUT2D eigenvalue weighted by atomic mass is 16.7. The van der Waals surface area contributed by atoms with E-state index in [4.69, 9.17) is 9.47 Å². The quantitative estimate of drug-likeness (QED) is 0.444. The third-order valence-electron chi connectivity index (χ3n) is 4.74. The molecule has 1 aliphatic heterocycles. The third kappa shape index (κ3) is 2.86. The molecule has 0 radical (unpaired) electrons. The third-order valence-corrected chi connectivity index (χ3v) is 4.74. The van der Waals surface area contributed by atoms with Crippen LogP contribution in [0.15, 0.2) is 36.5 Å². The van der Waals surface area contributed by atoms with E-state index in [1.54, 1.807) is 6.20 Å². The van der Waals surface area contributed by atoms with Crippen LogP contribution in [-0.4, -0.2) is 67.7 Å². The Hall–Kier alpha value is -2.07. The Morgan fingerprint density at radius 2 is 1.85 bits per heavy atom. The Labute approximate surface area is 148 Å². The van der Waals surface area contributed by atoms with E-state index in [0.717, 1.165) is 21.8 Å². The molecule has 1 aromatic carbocycles. The number of aliphatic hydroxyl groups is 4. The standard InChI is InChI=1S/C18H20N2O6/c21-7-13-15(22)16(23)17(24)18(26-13)25-8-12-14-10(5-6-19-12)9-3-1-2-4-11(9)20-14/h1-6,13,15-18,20-24H,7-8H2/t13-,15-,16+,17-,18-/m1/s1. The average Bonchev–Trinajstić information content (AvgIpc) is 3.05. The number of rotatable bonds is 4. The number of hydrogen-bond donors (Lipinski definition) is 5. The number of H-pyrrole nitrogens is 1. The van der Waals surface area contributed by atoms with Gasteiger partial charge in [-0.2, -0.15) is 0 Å². The SMILES string of the molecule is OC[C@H]1O[C@@H](OCc2nccc3c2[nH]c2ccccc23)[C@H](O)[C@@H](O)[C@@H]1O. The normalized spacial score (nSPS) is 29.5. The Balaban J connectivity index is 1.58. The van der Waals surface area contributed by atoms with Gasteiger partial charge >= 0.3 is 0 Å². The Bertz CT molecular complexity index is 911. The minimum Gasteiger partial charge on any atom is -0.394 e. The number of benzene rings is 1. The fourth-order valence-electron chi connectivity index (χ4n) is 3.31. The average molecular weight is 360 g/mol. The summed E-state index contributed by atoms with van der Waals surface area (Å²) >= 11 is 0. The van der Waals surface area contributed by atoms with Crippen molar-refractivity contribution >= 4 is 21.8 Å². The van der Waals surface area contributed by atoms with E-state index in [1.807, 2.05) is 30.3 Å². The lowest BCUT2D eigenvalue weighted by molar-refractivity contribution is -0.304. The first-order valence-corrected chi connectivity index (χ1v) is 8.36. The zero-order valence-electron chi connectivity index (χ0n) is 13.8. The van der Waals surface area contributed by atoms with Crippen LogP contribution >= 0.6 is 0 Å². The van der Waals surface area contributed by atoms with E-state index in [2.05, 4.69) is 9.97 Å². The van der Waals surface area contributed by atoms with E-state index in [0.29, 0.717) is 5.69 Å². The van der Waals surface area contributed by atoms with Crippen LogP contribution in [0.5, 0.6) is 0 Å². The Kier molecular flexibility index (Phi) is 4.62. The van der Waals surface area contributed by atoms with Crippen molar-refractivity contribution in [2.75, 3.05) is 6.61 Å². The molecule has 8 heteroatoms. The van der Waals surface area contributed by atoms with Gasteiger partial charge in [-0.15, -0.1) is 0 Å². The number of nitrogens with one attached hydrogen (secondary N) is 1. The number of ether oxygens (including phenoxy) is 2. The molecule has 138 valence electrons. The predicted molar refractivity (Wildman–Crippen MR) is 92.2 cm³/mol. The van der Waals surface area contributed by atoms with Gasteiger partial charge in [0, 0.05) is 22.5 Å². The highest BCUT2D eigenvalue weighted by Crippen LogP contribution is 2.28. The zero-order chi connectivity index (χ0) is 18.3. The minimum absolute atomic E-state index is 0.0207. The second-order valence-corrected chi connectivity index (χ2v) is 6.36. The lowest BCUT2D eigenvalue weighted by atomic mass is 9.99. The summed E-state index contributed by atoms with van der Waals surface area (Å²) in [6, 6.07) is 9.79. The van der Waals surface area contributed by atoms with Gasteiger partial charge in [-0.1, -0.05) is 18.2 Å². The van der Waals surface area contributed by atoms with Crippen LogP contribution in [0.1, 0.15) is 5.69 Å². The molecule has 0 amide bonds. The number of pyridine rings is 1. The first-order chi connectivity index (χ1) is 12.6. The van der Waals surface area contributed by atoms with Gasteiger partial charge < -0.3 is 34.9 Å². The Morgan fingerprint density at radius 1 is 1.04 bits per heavy atom. The number of para-hydroxylation sites is 1. The molecule has 5 atom stereocenters. The van der Waals surface area contributed by atoms with Crippen molar-refractivity contribution in [1.82, 2.24) is 9.97 Å². The van der Waals surface area contributed by atoms with Crippen LogP contribution in [0.2, 0.25) is 0 Å². The van der Waals surface area contributed by atoms with Crippen LogP contribution in [0, 0.1) is 0 Å². The number of nitrogens with zero attached hydrogens (tertiary/aromatic N) is 1. The van der Waals surface area contributed by atoms with Crippen molar-refractivity contribution in [3.63, 3.8) is 0 Å². The van der Waals surface area contributed by atoms with Gasteiger partial charge in [0.25, 0.3) is 0 Å². The topological polar surface area (TPSA) is 128 Å². The summed E-state index contributed by atoms with van der Waals surface area (Å²) in [5.74, 6) is 0. The molecule has 3 aromatic rings. The molecule has 4 rings (SSSR count). The van der Waals surface area contributed by atoms with Gasteiger partial charge in [0.2, 0.25) is 0 Å². The molecular weight excluding hydrogens is 340 g/mol. The van der Waals surface area contributed by atoms with Crippen molar-refractivity contribution < 1.29 is 29.9 Å². The van der Waals surface area contributed by atoms with Crippen molar-refractivity contribution in [2.24, 2.45) is 0 Å². The summed E-state index contributed by atoms with van der Waals surface area (Å²) in [5.41, 5.74) is 2.42. The summed E-state index contributed by atoms with van der Waals surface area (Å²) < 4.78 is 11.0. The second-order valence-electron chi connectivity index (χ2n) is 6.36. The molecule has 8 nitrogen and oxygen atoms in total. The Morgan fingerprint density at radius 3 is 2.65 bits per heavy atom. The fourth-order valence-corrected chi connectivity index (χ4v) is 3.31. The minimum atomic E-state index is -1.47. The monoisotopic (exact) mass is 360 g/mol. The number of aromatic amines is 1. The van der Waals surface area contributed by atoms with E-state index < -0.39 is 37.3 Å². The maximum Gasteiger partial charge on any atom is 0.187 e. The van der Waals surface area contributed by atoms with Crippen molar-refractivity contribution in [3.8, 4) is 0 Å². The molecule has 3 heterocycles. The molecule has 0 unspecified atom stereocenters. The summed E-state index contributed by atoms with van der Waals surface area (Å²) in [6.45, 7) is -0.479. The molecule has 1 aliphatic rings. The van der Waals surface area contributed by atoms with Crippen molar-refractivity contribution in [3.05, 3.63) is 42.2 Å². The summed E-state index contributed by atoms with van der Waals surface area (Å²) in [7, 11) is 0. The first-order valence-electron chi connectivity index (χ1n) is 8.36. The maximum absolute atomic E-state index is 10.1. The van der Waals surface area contributed by atoms with Crippen LogP contribution < -0.4 is 0 Å². The van der Waals surface area contributed by atoms with E-state index in [-0.39, 0.29) is 6.61 Å². The zero-order valence-corrected chi connectivity index (χ0v) is 13.8.